The molecular formula is C23H22O5. The van der Waals surface area contributed by atoms with Gasteiger partial charge in [0.05, 0.1) is 12.7 Å². The topological polar surface area (TPSA) is 61.8 Å². The molecule has 2 atom stereocenters. The van der Waals surface area contributed by atoms with Gasteiger partial charge in [0.1, 0.15) is 17.6 Å². The molecule has 1 heterocycles. The van der Waals surface area contributed by atoms with E-state index in [-0.39, 0.29) is 18.0 Å². The molecular weight excluding hydrogens is 356 g/mol. The normalized spacial score (nSPS) is 20.2. The molecule has 28 heavy (non-hydrogen) atoms. The van der Waals surface area contributed by atoms with Gasteiger partial charge in [-0.3, -0.25) is 0 Å². The van der Waals surface area contributed by atoms with E-state index in [1.165, 1.54) is 5.56 Å². The predicted octanol–water partition coefficient (Wildman–Crippen LogP) is 4.25. The molecule has 1 fully saturated rings. The van der Waals surface area contributed by atoms with E-state index in [9.17, 15) is 9.59 Å². The summed E-state index contributed by atoms with van der Waals surface area (Å²) in [6.45, 7) is 7.80. The molecule has 0 aromatic heterocycles. The zero-order valence-electron chi connectivity index (χ0n) is 16.2. The molecule has 2 aromatic carbocycles. The average Bonchev–Trinajstić information content (AvgIpc) is 2.99. The zero-order valence-corrected chi connectivity index (χ0v) is 16.2. The van der Waals surface area contributed by atoms with Crippen molar-refractivity contribution >= 4 is 11.9 Å². The van der Waals surface area contributed by atoms with Crippen LogP contribution in [0.25, 0.3) is 0 Å². The van der Waals surface area contributed by atoms with Gasteiger partial charge in [-0.05, 0) is 67.6 Å². The van der Waals surface area contributed by atoms with Gasteiger partial charge in [0.15, 0.2) is 0 Å². The minimum Gasteiger partial charge on any atom is -0.497 e. The first kappa shape index (κ1) is 18.3. The summed E-state index contributed by atoms with van der Waals surface area (Å²) >= 11 is 0. The molecule has 0 saturated carbocycles. The Morgan fingerprint density at radius 2 is 2.04 bits per heavy atom. The number of benzene rings is 2. The van der Waals surface area contributed by atoms with Gasteiger partial charge < -0.3 is 14.2 Å². The van der Waals surface area contributed by atoms with Crippen molar-refractivity contribution in [2.24, 2.45) is 5.92 Å². The minimum atomic E-state index is -0.457. The molecule has 0 amide bonds. The van der Waals surface area contributed by atoms with Gasteiger partial charge in [0.2, 0.25) is 0 Å². The zero-order chi connectivity index (χ0) is 20.0. The van der Waals surface area contributed by atoms with E-state index in [0.29, 0.717) is 22.6 Å². The van der Waals surface area contributed by atoms with Crippen LogP contribution in [0.1, 0.15) is 45.1 Å². The first-order chi connectivity index (χ1) is 13.4. The summed E-state index contributed by atoms with van der Waals surface area (Å²) in [6, 6.07) is 8.73. The van der Waals surface area contributed by atoms with E-state index in [1.54, 1.807) is 31.4 Å². The Kier molecular flexibility index (Phi) is 4.46. The Labute approximate surface area is 163 Å². The van der Waals surface area contributed by atoms with Crippen molar-refractivity contribution in [1.82, 2.24) is 0 Å². The quantitative estimate of drug-likeness (QED) is 0.454. The smallest absolute Gasteiger partial charge is 0.343 e. The number of esters is 2. The maximum Gasteiger partial charge on any atom is 0.343 e. The Hall–Kier alpha value is -3.08. The monoisotopic (exact) mass is 378 g/mol. The molecule has 0 N–H and O–H groups in total. The second-order valence-corrected chi connectivity index (χ2v) is 7.33. The van der Waals surface area contributed by atoms with Gasteiger partial charge in [0.25, 0.3) is 0 Å². The fourth-order valence-electron chi connectivity index (χ4n) is 4.19. The van der Waals surface area contributed by atoms with E-state index in [4.69, 9.17) is 14.2 Å². The third-order valence-corrected chi connectivity index (χ3v) is 5.73. The van der Waals surface area contributed by atoms with Crippen molar-refractivity contribution in [2.45, 2.75) is 32.8 Å². The van der Waals surface area contributed by atoms with Crippen molar-refractivity contribution in [3.05, 3.63) is 70.3 Å². The SMILES string of the molecule is C=C1C(=O)O[C@H]2c3c(C)c(OC(=O)c4cccc(OC)c4)cc(C)c3CC[C@@H]12. The van der Waals surface area contributed by atoms with Crippen LogP contribution in [0.5, 0.6) is 11.5 Å². The molecule has 0 spiro atoms. The standard InChI is InChI=1S/C23H22O5/c1-12-10-19(27-23(25)15-6-5-7-16(11-15)26-4)14(3)20-17(12)8-9-18-13(2)22(24)28-21(18)20/h5-7,10-11,18,21H,2,8-9H2,1,3-4H3/t18-,21+/m0/s1. The highest BCUT2D eigenvalue weighted by molar-refractivity contribution is 5.92. The Balaban J connectivity index is 1.71. The predicted molar refractivity (Wildman–Crippen MR) is 104 cm³/mol. The number of aryl methyl sites for hydroxylation is 1. The van der Waals surface area contributed by atoms with Gasteiger partial charge in [-0.15, -0.1) is 0 Å². The molecule has 1 aliphatic carbocycles. The lowest BCUT2D eigenvalue weighted by Crippen LogP contribution is -2.21. The van der Waals surface area contributed by atoms with Crippen LogP contribution in [0.3, 0.4) is 0 Å². The maximum absolute atomic E-state index is 12.7. The highest BCUT2D eigenvalue weighted by Gasteiger charge is 2.44. The van der Waals surface area contributed by atoms with Crippen molar-refractivity contribution in [1.29, 1.82) is 0 Å². The van der Waals surface area contributed by atoms with Crippen LogP contribution in [0.2, 0.25) is 0 Å². The number of carbonyl (C=O) groups is 2. The number of hydrogen-bond acceptors (Lipinski definition) is 5. The molecule has 4 rings (SSSR count). The number of methoxy groups -OCH3 is 1. The minimum absolute atomic E-state index is 0.0116. The molecule has 5 heteroatoms. The van der Waals surface area contributed by atoms with Crippen molar-refractivity contribution < 1.29 is 23.8 Å². The molecule has 0 bridgehead atoms. The molecule has 0 unspecified atom stereocenters. The van der Waals surface area contributed by atoms with Crippen molar-refractivity contribution in [3.63, 3.8) is 0 Å². The van der Waals surface area contributed by atoms with Crippen LogP contribution >= 0.6 is 0 Å². The van der Waals surface area contributed by atoms with Gasteiger partial charge in [-0.2, -0.15) is 0 Å². The molecule has 2 aliphatic rings. The third-order valence-electron chi connectivity index (χ3n) is 5.73. The third kappa shape index (κ3) is 2.87. The molecule has 1 saturated heterocycles. The summed E-state index contributed by atoms with van der Waals surface area (Å²) in [7, 11) is 1.55. The number of hydrogen-bond donors (Lipinski definition) is 0. The van der Waals surface area contributed by atoms with Crippen LogP contribution in [0.4, 0.5) is 0 Å². The summed E-state index contributed by atoms with van der Waals surface area (Å²) in [4.78, 5) is 24.7. The van der Waals surface area contributed by atoms with E-state index >= 15 is 0 Å². The largest absolute Gasteiger partial charge is 0.497 e. The van der Waals surface area contributed by atoms with Crippen LogP contribution < -0.4 is 9.47 Å². The fourth-order valence-corrected chi connectivity index (χ4v) is 4.19. The number of ether oxygens (including phenoxy) is 3. The summed E-state index contributed by atoms with van der Waals surface area (Å²) in [5.74, 6) is 0.271. The Bertz CT molecular complexity index is 1000. The van der Waals surface area contributed by atoms with Gasteiger partial charge in [-0.25, -0.2) is 9.59 Å². The summed E-state index contributed by atoms with van der Waals surface area (Å²) in [5, 5.41) is 0. The summed E-state index contributed by atoms with van der Waals surface area (Å²) in [5.41, 5.74) is 4.92. The first-order valence-electron chi connectivity index (χ1n) is 9.29. The van der Waals surface area contributed by atoms with E-state index in [2.05, 4.69) is 6.58 Å². The van der Waals surface area contributed by atoms with Crippen LogP contribution in [-0.4, -0.2) is 19.0 Å². The Morgan fingerprint density at radius 3 is 2.79 bits per heavy atom. The summed E-state index contributed by atoms with van der Waals surface area (Å²) in [6.07, 6.45) is 1.34. The average molecular weight is 378 g/mol. The number of rotatable bonds is 3. The van der Waals surface area contributed by atoms with Crippen LogP contribution in [0.15, 0.2) is 42.5 Å². The first-order valence-corrected chi connectivity index (χ1v) is 9.29. The lowest BCUT2D eigenvalue weighted by atomic mass is 9.76. The van der Waals surface area contributed by atoms with Gasteiger partial charge in [0, 0.05) is 17.1 Å². The highest BCUT2D eigenvalue weighted by atomic mass is 16.6. The maximum atomic E-state index is 12.7. The molecule has 144 valence electrons. The van der Waals surface area contributed by atoms with Crippen molar-refractivity contribution in [2.75, 3.05) is 7.11 Å². The lowest BCUT2D eigenvalue weighted by molar-refractivity contribution is -0.139. The van der Waals surface area contributed by atoms with Crippen molar-refractivity contribution in [3.8, 4) is 11.5 Å². The highest BCUT2D eigenvalue weighted by Crippen LogP contribution is 2.49. The van der Waals surface area contributed by atoms with Gasteiger partial charge in [-0.1, -0.05) is 12.6 Å². The van der Waals surface area contributed by atoms with E-state index < -0.39 is 5.97 Å². The molecule has 1 aliphatic heterocycles. The molecule has 0 radical (unpaired) electrons. The number of carbonyl (C=O) groups excluding carboxylic acids is 2. The second kappa shape index (κ2) is 6.82. The second-order valence-electron chi connectivity index (χ2n) is 7.33. The fraction of sp³-hybridized carbons (Fsp3) is 0.304. The number of fused-ring (bicyclic) bond motifs is 3. The Morgan fingerprint density at radius 1 is 1.25 bits per heavy atom. The van der Waals surface area contributed by atoms with E-state index in [0.717, 1.165) is 29.5 Å². The van der Waals surface area contributed by atoms with Crippen LogP contribution in [-0.2, 0) is 16.0 Å². The lowest BCUT2D eigenvalue weighted by Gasteiger charge is -2.30. The van der Waals surface area contributed by atoms with Crippen LogP contribution in [0, 0.1) is 19.8 Å². The molecule has 2 aromatic rings. The summed E-state index contributed by atoms with van der Waals surface area (Å²) < 4.78 is 16.5. The molecule has 5 nitrogen and oxygen atoms in total. The van der Waals surface area contributed by atoms with E-state index in [1.807, 2.05) is 19.9 Å². The van der Waals surface area contributed by atoms with Gasteiger partial charge >= 0.3 is 11.9 Å².